The number of rotatable bonds is 5. The molecule has 0 atom stereocenters. The molecule has 5 nitrogen and oxygen atoms in total. The molecule has 134 valence electrons. The summed E-state index contributed by atoms with van der Waals surface area (Å²) in [6.45, 7) is 6.10. The molecule has 0 bridgehead atoms. The maximum absolute atomic E-state index is 12.7. The van der Waals surface area contributed by atoms with Gasteiger partial charge in [0.1, 0.15) is 6.54 Å². The summed E-state index contributed by atoms with van der Waals surface area (Å²) in [6.07, 6.45) is 0. The zero-order valence-electron chi connectivity index (χ0n) is 15.1. The van der Waals surface area contributed by atoms with Crippen LogP contribution in [0.2, 0.25) is 0 Å². The van der Waals surface area contributed by atoms with Gasteiger partial charge in [0, 0.05) is 5.56 Å². The lowest BCUT2D eigenvalue weighted by molar-refractivity contribution is -0.123. The highest BCUT2D eigenvalue weighted by molar-refractivity contribution is 7.71. The number of benzene rings is 2. The SMILES string of the molecule is Cc1ccc(-c2n[nH]c(=S)n2CC(=O)NC(C)(C)c2ccccc2)cc1. The monoisotopic (exact) mass is 366 g/mol. The molecule has 3 aromatic rings. The molecule has 2 N–H and O–H groups in total. The second kappa shape index (κ2) is 7.25. The third-order valence-corrected chi connectivity index (χ3v) is 4.63. The van der Waals surface area contributed by atoms with Crippen LogP contribution in [-0.2, 0) is 16.9 Å². The number of carbonyl (C=O) groups is 1. The molecule has 26 heavy (non-hydrogen) atoms. The van der Waals surface area contributed by atoms with Crippen molar-refractivity contribution in [1.29, 1.82) is 0 Å². The van der Waals surface area contributed by atoms with Gasteiger partial charge in [-0.05, 0) is 38.6 Å². The largest absolute Gasteiger partial charge is 0.346 e. The van der Waals surface area contributed by atoms with E-state index in [1.54, 1.807) is 4.57 Å². The van der Waals surface area contributed by atoms with Crippen LogP contribution in [0.1, 0.15) is 25.0 Å². The Morgan fingerprint density at radius 2 is 1.81 bits per heavy atom. The molecule has 0 aliphatic carbocycles. The summed E-state index contributed by atoms with van der Waals surface area (Å²) < 4.78 is 2.14. The number of aryl methyl sites for hydroxylation is 1. The van der Waals surface area contributed by atoms with Gasteiger partial charge >= 0.3 is 0 Å². The van der Waals surface area contributed by atoms with E-state index < -0.39 is 5.54 Å². The summed E-state index contributed by atoms with van der Waals surface area (Å²) in [7, 11) is 0. The Bertz CT molecular complexity index is 955. The highest BCUT2D eigenvalue weighted by Gasteiger charge is 2.23. The molecule has 1 heterocycles. The first kappa shape index (κ1) is 18.1. The Hall–Kier alpha value is -2.73. The first-order valence-corrected chi connectivity index (χ1v) is 8.86. The molecule has 0 spiro atoms. The molecular weight excluding hydrogens is 344 g/mol. The molecule has 0 aliphatic heterocycles. The fourth-order valence-corrected chi connectivity index (χ4v) is 3.04. The van der Waals surface area contributed by atoms with Crippen molar-refractivity contribution in [2.24, 2.45) is 0 Å². The van der Waals surface area contributed by atoms with Gasteiger partial charge < -0.3 is 5.32 Å². The van der Waals surface area contributed by atoms with Gasteiger partial charge in [-0.1, -0.05) is 60.2 Å². The van der Waals surface area contributed by atoms with Crippen LogP contribution in [0, 0.1) is 11.7 Å². The molecule has 0 saturated heterocycles. The van der Waals surface area contributed by atoms with Crippen LogP contribution in [0.5, 0.6) is 0 Å². The van der Waals surface area contributed by atoms with Crippen molar-refractivity contribution in [3.05, 3.63) is 70.5 Å². The summed E-state index contributed by atoms with van der Waals surface area (Å²) in [6, 6.07) is 17.9. The zero-order valence-corrected chi connectivity index (χ0v) is 15.9. The number of aromatic amines is 1. The molecule has 0 radical (unpaired) electrons. The summed E-state index contributed by atoms with van der Waals surface area (Å²) in [4.78, 5) is 12.7. The Labute approximate surface area is 158 Å². The van der Waals surface area contributed by atoms with Gasteiger partial charge in [-0.25, -0.2) is 0 Å². The fourth-order valence-electron chi connectivity index (χ4n) is 2.85. The summed E-state index contributed by atoms with van der Waals surface area (Å²) in [5, 5.41) is 10.2. The number of hydrogen-bond acceptors (Lipinski definition) is 3. The average molecular weight is 366 g/mol. The topological polar surface area (TPSA) is 62.7 Å². The second-order valence-electron chi connectivity index (χ2n) is 6.84. The smallest absolute Gasteiger partial charge is 0.240 e. The number of aromatic nitrogens is 3. The highest BCUT2D eigenvalue weighted by atomic mass is 32.1. The third-order valence-electron chi connectivity index (χ3n) is 4.32. The number of carbonyl (C=O) groups excluding carboxylic acids is 1. The summed E-state index contributed by atoms with van der Waals surface area (Å²) in [5.74, 6) is 0.535. The van der Waals surface area contributed by atoms with E-state index in [9.17, 15) is 4.79 Å². The third kappa shape index (κ3) is 3.91. The molecule has 6 heteroatoms. The van der Waals surface area contributed by atoms with Crippen molar-refractivity contribution in [2.45, 2.75) is 32.9 Å². The Morgan fingerprint density at radius 3 is 2.46 bits per heavy atom. The maximum atomic E-state index is 12.7. The number of amides is 1. The van der Waals surface area contributed by atoms with Crippen molar-refractivity contribution >= 4 is 18.1 Å². The van der Waals surface area contributed by atoms with Crippen molar-refractivity contribution in [2.75, 3.05) is 0 Å². The zero-order chi connectivity index (χ0) is 18.7. The normalized spacial score (nSPS) is 11.3. The van der Waals surface area contributed by atoms with E-state index in [1.165, 1.54) is 0 Å². The van der Waals surface area contributed by atoms with E-state index in [0.29, 0.717) is 10.6 Å². The first-order chi connectivity index (χ1) is 12.4. The molecule has 2 aromatic carbocycles. The average Bonchev–Trinajstić information content (AvgIpc) is 2.96. The van der Waals surface area contributed by atoms with E-state index in [2.05, 4.69) is 15.5 Å². The molecular formula is C20H22N4OS. The van der Waals surface area contributed by atoms with Gasteiger partial charge in [0.2, 0.25) is 5.91 Å². The van der Waals surface area contributed by atoms with Crippen molar-refractivity contribution in [3.63, 3.8) is 0 Å². The lowest BCUT2D eigenvalue weighted by Crippen LogP contribution is -2.42. The van der Waals surface area contributed by atoms with E-state index >= 15 is 0 Å². The fraction of sp³-hybridized carbons (Fsp3) is 0.250. The Balaban J connectivity index is 1.81. The molecule has 3 rings (SSSR count). The van der Waals surface area contributed by atoms with Gasteiger partial charge in [-0.3, -0.25) is 14.5 Å². The minimum absolute atomic E-state index is 0.106. The summed E-state index contributed by atoms with van der Waals surface area (Å²) in [5.41, 5.74) is 2.65. The van der Waals surface area contributed by atoms with Gasteiger partial charge in [0.05, 0.1) is 5.54 Å². The minimum atomic E-state index is -0.478. The van der Waals surface area contributed by atoms with Crippen LogP contribution in [0.25, 0.3) is 11.4 Å². The van der Waals surface area contributed by atoms with Gasteiger partial charge in [0.15, 0.2) is 10.6 Å². The molecule has 1 aromatic heterocycles. The van der Waals surface area contributed by atoms with Crippen molar-refractivity contribution < 1.29 is 4.79 Å². The second-order valence-corrected chi connectivity index (χ2v) is 7.23. The van der Waals surface area contributed by atoms with Crippen LogP contribution in [0.15, 0.2) is 54.6 Å². The molecule has 0 aliphatic rings. The van der Waals surface area contributed by atoms with E-state index in [1.807, 2.05) is 75.4 Å². The van der Waals surface area contributed by atoms with E-state index in [0.717, 1.165) is 16.7 Å². The molecule has 0 fully saturated rings. The van der Waals surface area contributed by atoms with Gasteiger partial charge in [-0.15, -0.1) is 0 Å². The number of nitrogens with zero attached hydrogens (tertiary/aromatic N) is 2. The van der Waals surface area contributed by atoms with Crippen molar-refractivity contribution in [3.8, 4) is 11.4 Å². The number of hydrogen-bond donors (Lipinski definition) is 2. The van der Waals surface area contributed by atoms with Crippen LogP contribution >= 0.6 is 12.2 Å². The Kier molecular flexibility index (Phi) is 5.04. The number of H-pyrrole nitrogens is 1. The molecule has 0 unspecified atom stereocenters. The predicted molar refractivity (Wildman–Crippen MR) is 105 cm³/mol. The van der Waals surface area contributed by atoms with Crippen molar-refractivity contribution in [1.82, 2.24) is 20.1 Å². The summed E-state index contributed by atoms with van der Waals surface area (Å²) >= 11 is 5.32. The quantitative estimate of drug-likeness (QED) is 0.672. The van der Waals surface area contributed by atoms with Crippen LogP contribution in [0.3, 0.4) is 0 Å². The first-order valence-electron chi connectivity index (χ1n) is 8.45. The Morgan fingerprint density at radius 1 is 1.15 bits per heavy atom. The molecule has 0 saturated carbocycles. The number of nitrogens with one attached hydrogen (secondary N) is 2. The lowest BCUT2D eigenvalue weighted by atomic mass is 9.94. The van der Waals surface area contributed by atoms with Gasteiger partial charge in [0.25, 0.3) is 0 Å². The van der Waals surface area contributed by atoms with Gasteiger partial charge in [-0.2, -0.15) is 5.10 Å². The predicted octanol–water partition coefficient (Wildman–Crippen LogP) is 3.97. The van der Waals surface area contributed by atoms with Crippen LogP contribution in [-0.4, -0.2) is 20.7 Å². The van der Waals surface area contributed by atoms with E-state index in [-0.39, 0.29) is 12.5 Å². The highest BCUT2D eigenvalue weighted by Crippen LogP contribution is 2.21. The molecule has 1 amide bonds. The minimum Gasteiger partial charge on any atom is -0.346 e. The van der Waals surface area contributed by atoms with Crippen LogP contribution in [0.4, 0.5) is 0 Å². The standard InChI is InChI=1S/C20H22N4OS/c1-14-9-11-15(12-10-14)18-22-23-19(26)24(18)13-17(25)21-20(2,3)16-7-5-4-6-8-16/h4-12H,13H2,1-3H3,(H,21,25)(H,23,26). The maximum Gasteiger partial charge on any atom is 0.240 e. The lowest BCUT2D eigenvalue weighted by Gasteiger charge is -2.27. The van der Waals surface area contributed by atoms with E-state index in [4.69, 9.17) is 12.2 Å². The van der Waals surface area contributed by atoms with Crippen LogP contribution < -0.4 is 5.32 Å².